The molecule has 0 bridgehead atoms. The molecule has 0 spiro atoms. The monoisotopic (exact) mass is 537 g/mol. The highest BCUT2D eigenvalue weighted by molar-refractivity contribution is 7.88. The minimum absolute atomic E-state index is 0.0525. The first-order valence-electron chi connectivity index (χ1n) is 10.8. The zero-order valence-electron chi connectivity index (χ0n) is 19.5. The molecule has 0 unspecified atom stereocenters. The smallest absolute Gasteiger partial charge is 0.421 e. The van der Waals surface area contributed by atoms with Crippen LogP contribution < -0.4 is 20.1 Å². The van der Waals surface area contributed by atoms with E-state index in [2.05, 4.69) is 25.3 Å². The van der Waals surface area contributed by atoms with Gasteiger partial charge in [-0.3, -0.25) is 0 Å². The van der Waals surface area contributed by atoms with E-state index in [1.54, 1.807) is 24.3 Å². The summed E-state index contributed by atoms with van der Waals surface area (Å²) < 4.78 is 73.1. The van der Waals surface area contributed by atoms with Gasteiger partial charge in [-0.05, 0) is 35.7 Å². The van der Waals surface area contributed by atoms with Gasteiger partial charge in [-0.25, -0.2) is 22.9 Å². The molecule has 0 saturated heterocycles. The van der Waals surface area contributed by atoms with Gasteiger partial charge < -0.3 is 20.5 Å². The maximum Gasteiger partial charge on any atom is 0.421 e. The highest BCUT2D eigenvalue weighted by atomic mass is 32.2. The lowest BCUT2D eigenvalue weighted by Crippen LogP contribution is -2.38. The Morgan fingerprint density at radius 2 is 1.92 bits per heavy atom. The Hall–Kier alpha value is -3.91. The summed E-state index contributed by atoms with van der Waals surface area (Å²) in [6.45, 7) is 0. The van der Waals surface area contributed by atoms with E-state index in [-0.39, 0.29) is 29.4 Å². The van der Waals surface area contributed by atoms with Crippen molar-refractivity contribution in [2.24, 2.45) is 0 Å². The van der Waals surface area contributed by atoms with Crippen molar-refractivity contribution >= 4 is 33.4 Å². The molecule has 4 rings (SSSR count). The summed E-state index contributed by atoms with van der Waals surface area (Å²) in [4.78, 5) is 19.0. The van der Waals surface area contributed by atoms with Gasteiger partial charge in [-0.1, -0.05) is 24.3 Å². The lowest BCUT2D eigenvalue weighted by atomic mass is 10.1. The van der Waals surface area contributed by atoms with Crippen molar-refractivity contribution in [2.45, 2.75) is 24.7 Å². The molecule has 0 radical (unpaired) electrons. The third-order valence-electron chi connectivity index (χ3n) is 5.68. The molecular formula is C23H22F3N5O5S. The molecule has 196 valence electrons. The molecule has 14 heteroatoms. The number of ether oxygens (including phenoxy) is 1. The van der Waals surface area contributed by atoms with E-state index in [0.717, 1.165) is 11.8 Å². The number of nitrogens with zero attached hydrogens (tertiary/aromatic N) is 2. The van der Waals surface area contributed by atoms with Crippen LogP contribution in [0.4, 0.5) is 30.6 Å². The number of anilines is 3. The average molecular weight is 538 g/mol. The lowest BCUT2D eigenvalue weighted by molar-refractivity contribution is -0.137. The molecule has 3 aromatic rings. The Morgan fingerprint density at radius 3 is 2.57 bits per heavy atom. The van der Waals surface area contributed by atoms with Gasteiger partial charge in [0.15, 0.2) is 0 Å². The average Bonchev–Trinajstić information content (AvgIpc) is 3.14. The Morgan fingerprint density at radius 1 is 1.19 bits per heavy atom. The number of sulfonamides is 1. The predicted molar refractivity (Wildman–Crippen MR) is 129 cm³/mol. The van der Waals surface area contributed by atoms with E-state index < -0.39 is 45.6 Å². The van der Waals surface area contributed by atoms with Crippen LogP contribution in [-0.4, -0.2) is 48.9 Å². The number of halogens is 3. The van der Waals surface area contributed by atoms with Gasteiger partial charge >= 0.3 is 12.1 Å². The molecule has 0 amide bonds. The van der Waals surface area contributed by atoms with Gasteiger partial charge in [0.05, 0.1) is 36.7 Å². The number of alkyl halides is 3. The van der Waals surface area contributed by atoms with E-state index in [4.69, 9.17) is 9.84 Å². The standard InChI is InChI=1S/C23H22F3N5O5S/c1-36-18-10-13(21(32)33)7-8-16(18)29-22-27-11-15(23(24,25)26)20(30-22)28-17-9-12-5-3-4-6-14(12)19(17)31-37(2,34)35/h3-8,10-11,17,19,31H,9H2,1-2H3,(H,32,33)(H2,27,28,29,30)/t17-,19-/m1/s1. The number of carboxylic acid groups (broad SMARTS) is 1. The van der Waals surface area contributed by atoms with Crippen LogP contribution in [0.25, 0.3) is 0 Å². The Labute approximate surface area is 210 Å². The molecule has 1 aromatic heterocycles. The summed E-state index contributed by atoms with van der Waals surface area (Å²) in [7, 11) is -2.39. The van der Waals surface area contributed by atoms with Gasteiger partial charge in [0, 0.05) is 6.20 Å². The quantitative estimate of drug-likeness (QED) is 0.339. The first-order valence-corrected chi connectivity index (χ1v) is 12.7. The molecule has 37 heavy (non-hydrogen) atoms. The molecular weight excluding hydrogens is 515 g/mol. The molecule has 1 aliphatic rings. The zero-order valence-corrected chi connectivity index (χ0v) is 20.3. The van der Waals surface area contributed by atoms with E-state index in [1.165, 1.54) is 25.3 Å². The first kappa shape index (κ1) is 26.2. The van der Waals surface area contributed by atoms with Crippen LogP contribution in [0.1, 0.15) is 33.1 Å². The molecule has 1 heterocycles. The first-order chi connectivity index (χ1) is 17.4. The molecule has 10 nitrogen and oxygen atoms in total. The Bertz CT molecular complexity index is 1450. The van der Waals surface area contributed by atoms with E-state index in [0.29, 0.717) is 11.8 Å². The highest BCUT2D eigenvalue weighted by Crippen LogP contribution is 2.38. The van der Waals surface area contributed by atoms with Crippen LogP contribution in [0.3, 0.4) is 0 Å². The zero-order chi connectivity index (χ0) is 27.0. The SMILES string of the molecule is COc1cc(C(=O)O)ccc1Nc1ncc(C(F)(F)F)c(N[C@@H]2Cc3ccccc3[C@H]2NS(C)(=O)=O)n1. The van der Waals surface area contributed by atoms with Crippen molar-refractivity contribution in [1.82, 2.24) is 14.7 Å². The Balaban J connectivity index is 1.70. The van der Waals surface area contributed by atoms with Crippen LogP contribution in [-0.2, 0) is 22.6 Å². The third-order valence-corrected chi connectivity index (χ3v) is 6.37. The number of fused-ring (bicyclic) bond motifs is 1. The van der Waals surface area contributed by atoms with Crippen LogP contribution in [0.15, 0.2) is 48.7 Å². The fourth-order valence-electron chi connectivity index (χ4n) is 4.09. The Kier molecular flexibility index (Phi) is 6.97. The maximum atomic E-state index is 13.8. The minimum atomic E-state index is -4.80. The largest absolute Gasteiger partial charge is 0.495 e. The summed E-state index contributed by atoms with van der Waals surface area (Å²) in [6, 6.07) is 9.26. The molecule has 0 aliphatic heterocycles. The minimum Gasteiger partial charge on any atom is -0.495 e. The number of carboxylic acids is 1. The van der Waals surface area contributed by atoms with Gasteiger partial charge in [-0.2, -0.15) is 18.2 Å². The summed E-state index contributed by atoms with van der Waals surface area (Å²) in [6.07, 6.45) is -2.97. The van der Waals surface area contributed by atoms with Gasteiger partial charge in [0.2, 0.25) is 16.0 Å². The summed E-state index contributed by atoms with van der Waals surface area (Å²) >= 11 is 0. The lowest BCUT2D eigenvalue weighted by Gasteiger charge is -2.24. The van der Waals surface area contributed by atoms with Crippen molar-refractivity contribution in [3.8, 4) is 5.75 Å². The van der Waals surface area contributed by atoms with Crippen molar-refractivity contribution in [1.29, 1.82) is 0 Å². The van der Waals surface area contributed by atoms with Gasteiger partial charge in [0.25, 0.3) is 0 Å². The number of methoxy groups -OCH3 is 1. The number of aromatic carboxylic acids is 1. The number of aromatic nitrogens is 2. The van der Waals surface area contributed by atoms with Crippen LogP contribution in [0, 0.1) is 0 Å². The van der Waals surface area contributed by atoms with Gasteiger partial charge in [-0.15, -0.1) is 0 Å². The second-order valence-electron chi connectivity index (χ2n) is 8.32. The fraction of sp³-hybridized carbons (Fsp3) is 0.261. The van der Waals surface area contributed by atoms with E-state index in [1.807, 2.05) is 0 Å². The second kappa shape index (κ2) is 9.86. The van der Waals surface area contributed by atoms with Crippen molar-refractivity contribution in [3.63, 3.8) is 0 Å². The van der Waals surface area contributed by atoms with Gasteiger partial charge in [0.1, 0.15) is 17.1 Å². The molecule has 0 fully saturated rings. The van der Waals surface area contributed by atoms with Crippen LogP contribution in [0.5, 0.6) is 5.75 Å². The normalized spacial score (nSPS) is 17.2. The van der Waals surface area contributed by atoms with Crippen molar-refractivity contribution in [2.75, 3.05) is 24.0 Å². The van der Waals surface area contributed by atoms with E-state index >= 15 is 0 Å². The number of hydrogen-bond acceptors (Lipinski definition) is 8. The van der Waals surface area contributed by atoms with Crippen LogP contribution >= 0.6 is 0 Å². The second-order valence-corrected chi connectivity index (χ2v) is 10.1. The molecule has 0 saturated carbocycles. The molecule has 2 atom stereocenters. The fourth-order valence-corrected chi connectivity index (χ4v) is 4.84. The van der Waals surface area contributed by atoms with Crippen molar-refractivity contribution in [3.05, 3.63) is 70.9 Å². The number of hydrogen-bond donors (Lipinski definition) is 4. The number of rotatable bonds is 8. The molecule has 2 aromatic carbocycles. The predicted octanol–water partition coefficient (Wildman–Crippen LogP) is 3.57. The van der Waals surface area contributed by atoms with E-state index in [9.17, 15) is 26.4 Å². The van der Waals surface area contributed by atoms with Crippen molar-refractivity contribution < 1.29 is 36.2 Å². The summed E-state index contributed by atoms with van der Waals surface area (Å²) in [5.41, 5.74) is 0.465. The number of nitrogens with one attached hydrogen (secondary N) is 3. The maximum absolute atomic E-state index is 13.8. The molecule has 1 aliphatic carbocycles. The molecule has 4 N–H and O–H groups in total. The summed E-state index contributed by atoms with van der Waals surface area (Å²) in [5, 5.41) is 14.7. The number of carbonyl (C=O) groups is 1. The summed E-state index contributed by atoms with van der Waals surface area (Å²) in [5.74, 6) is -1.84. The highest BCUT2D eigenvalue weighted by Gasteiger charge is 2.39. The topological polar surface area (TPSA) is 143 Å². The third kappa shape index (κ3) is 5.91. The number of benzene rings is 2. The van der Waals surface area contributed by atoms with Crippen LogP contribution in [0.2, 0.25) is 0 Å².